The number of benzene rings is 2. The maximum Gasteiger partial charge on any atom is 0.416 e. The molecule has 10 heteroatoms. The molecule has 5 nitrogen and oxygen atoms in total. The van der Waals surface area contributed by atoms with E-state index in [1.54, 1.807) is 13.0 Å². The predicted molar refractivity (Wildman–Crippen MR) is 116 cm³/mol. The van der Waals surface area contributed by atoms with Crippen LogP contribution in [-0.4, -0.2) is 20.6 Å². The summed E-state index contributed by atoms with van der Waals surface area (Å²) in [5.74, 6) is -3.31. The van der Waals surface area contributed by atoms with Crippen LogP contribution in [0.5, 0.6) is 5.75 Å². The first kappa shape index (κ1) is 23.9. The average molecular weight is 488 g/mol. The molecule has 0 radical (unpaired) electrons. The molecule has 4 rings (SSSR count). The number of aromatic nitrogens is 2. The number of aryl methyl sites for hydroxylation is 1. The quantitative estimate of drug-likeness (QED) is 0.318. The summed E-state index contributed by atoms with van der Waals surface area (Å²) in [5.41, 5.74) is -0.503. The fourth-order valence-electron chi connectivity index (χ4n) is 3.57. The van der Waals surface area contributed by atoms with E-state index in [2.05, 4.69) is 4.98 Å². The van der Waals surface area contributed by atoms with Crippen LogP contribution in [0.15, 0.2) is 66.7 Å². The molecule has 0 spiro atoms. The Kier molecular flexibility index (Phi) is 6.29. The van der Waals surface area contributed by atoms with Gasteiger partial charge in [0.1, 0.15) is 18.2 Å². The lowest BCUT2D eigenvalue weighted by Gasteiger charge is -2.17. The second-order valence-electron chi connectivity index (χ2n) is 7.59. The second-order valence-corrected chi connectivity index (χ2v) is 7.59. The van der Waals surface area contributed by atoms with Gasteiger partial charge in [-0.1, -0.05) is 18.2 Å². The summed E-state index contributed by atoms with van der Waals surface area (Å²) in [5, 5.41) is 9.28. The van der Waals surface area contributed by atoms with Crippen molar-refractivity contribution in [2.24, 2.45) is 0 Å². The Morgan fingerprint density at radius 1 is 1.03 bits per heavy atom. The highest BCUT2D eigenvalue weighted by molar-refractivity contribution is 5.85. The highest BCUT2D eigenvalue weighted by Gasteiger charge is 2.32. The molecule has 0 aliphatic heterocycles. The largest absolute Gasteiger partial charge is 0.488 e. The van der Waals surface area contributed by atoms with Crippen LogP contribution in [0.25, 0.3) is 17.1 Å². The van der Waals surface area contributed by atoms with Gasteiger partial charge in [-0.2, -0.15) is 13.2 Å². The van der Waals surface area contributed by atoms with Crippen LogP contribution in [0.2, 0.25) is 0 Å². The number of nitrogens with zero attached hydrogens (tertiary/aromatic N) is 2. The van der Waals surface area contributed by atoms with Gasteiger partial charge >= 0.3 is 12.1 Å². The van der Waals surface area contributed by atoms with E-state index in [9.17, 15) is 31.9 Å². The molecular formula is C25H17F5N2O3. The lowest BCUT2D eigenvalue weighted by molar-refractivity contribution is -0.137. The van der Waals surface area contributed by atoms with Crippen LogP contribution in [0.3, 0.4) is 0 Å². The maximum absolute atomic E-state index is 14.1. The van der Waals surface area contributed by atoms with Gasteiger partial charge in [0, 0.05) is 16.8 Å². The maximum atomic E-state index is 14.1. The monoisotopic (exact) mass is 488 g/mol. The molecular weight excluding hydrogens is 471 g/mol. The summed E-state index contributed by atoms with van der Waals surface area (Å²) in [6, 6.07) is 13.8. The standard InChI is InChI=1S/C25H17F5N2O3/c1-14-8-10-20(32(14)22-7-3-6-19(31-22)24(33)34)17-12-16(25(28,29)30)9-11-21(17)35-13-15-4-2-5-18(26)23(15)27/h2-12H,13H2,1H3,(H,33,34). The Bertz CT molecular complexity index is 1410. The third-order valence-electron chi connectivity index (χ3n) is 5.26. The number of halogens is 5. The summed E-state index contributed by atoms with van der Waals surface area (Å²) in [4.78, 5) is 15.5. The molecule has 0 unspecified atom stereocenters. The number of carboxylic acid groups (broad SMARTS) is 1. The summed E-state index contributed by atoms with van der Waals surface area (Å²) < 4.78 is 75.3. The predicted octanol–water partition coefficient (Wildman–Crippen LogP) is 6.42. The van der Waals surface area contributed by atoms with Crippen molar-refractivity contribution in [3.05, 3.63) is 101 Å². The molecule has 35 heavy (non-hydrogen) atoms. The van der Waals surface area contributed by atoms with Gasteiger partial charge < -0.3 is 9.84 Å². The second kappa shape index (κ2) is 9.21. The topological polar surface area (TPSA) is 64.3 Å². The van der Waals surface area contributed by atoms with Gasteiger partial charge in [0.25, 0.3) is 0 Å². The number of ether oxygens (including phenoxy) is 1. The zero-order valence-electron chi connectivity index (χ0n) is 18.1. The number of hydrogen-bond acceptors (Lipinski definition) is 3. The van der Waals surface area contributed by atoms with Crippen molar-refractivity contribution >= 4 is 5.97 Å². The van der Waals surface area contributed by atoms with Crippen LogP contribution in [0.1, 0.15) is 27.3 Å². The van der Waals surface area contributed by atoms with E-state index >= 15 is 0 Å². The van der Waals surface area contributed by atoms with Gasteiger partial charge in [0.05, 0.1) is 11.3 Å². The zero-order chi connectivity index (χ0) is 25.3. The Morgan fingerprint density at radius 2 is 1.77 bits per heavy atom. The van der Waals surface area contributed by atoms with Crippen molar-refractivity contribution in [3.8, 4) is 22.8 Å². The van der Waals surface area contributed by atoms with Crippen LogP contribution >= 0.6 is 0 Å². The molecule has 180 valence electrons. The molecule has 2 aromatic carbocycles. The Hall–Kier alpha value is -4.21. The Morgan fingerprint density at radius 3 is 2.49 bits per heavy atom. The Labute approximate surface area is 196 Å². The van der Waals surface area contributed by atoms with Crippen LogP contribution in [0, 0.1) is 18.6 Å². The molecule has 4 aromatic rings. The third kappa shape index (κ3) is 4.86. The van der Waals surface area contributed by atoms with Gasteiger partial charge in [-0.05, 0) is 55.5 Å². The fraction of sp³-hybridized carbons (Fsp3) is 0.120. The SMILES string of the molecule is Cc1ccc(-c2cc(C(F)(F)F)ccc2OCc2cccc(F)c2F)n1-c1cccc(C(=O)O)n1. The van der Waals surface area contributed by atoms with Gasteiger partial charge in [-0.15, -0.1) is 0 Å². The number of alkyl halides is 3. The fourth-order valence-corrected chi connectivity index (χ4v) is 3.57. The third-order valence-corrected chi connectivity index (χ3v) is 5.26. The highest BCUT2D eigenvalue weighted by atomic mass is 19.4. The molecule has 0 saturated carbocycles. The average Bonchev–Trinajstić information content (AvgIpc) is 3.20. The first-order chi connectivity index (χ1) is 16.6. The van der Waals surface area contributed by atoms with Crippen molar-refractivity contribution in [1.82, 2.24) is 9.55 Å². The van der Waals surface area contributed by atoms with Crippen LogP contribution in [0.4, 0.5) is 22.0 Å². The van der Waals surface area contributed by atoms with Crippen molar-refractivity contribution in [3.63, 3.8) is 0 Å². The van der Waals surface area contributed by atoms with E-state index in [1.807, 2.05) is 0 Å². The highest BCUT2D eigenvalue weighted by Crippen LogP contribution is 2.39. The van der Waals surface area contributed by atoms with Crippen LogP contribution < -0.4 is 4.74 Å². The number of hydrogen-bond donors (Lipinski definition) is 1. The first-order valence-electron chi connectivity index (χ1n) is 10.2. The lowest BCUT2D eigenvalue weighted by Crippen LogP contribution is -2.09. The summed E-state index contributed by atoms with van der Waals surface area (Å²) in [6.45, 7) is 1.24. The minimum Gasteiger partial charge on any atom is -0.488 e. The van der Waals surface area contributed by atoms with Crippen molar-refractivity contribution in [2.75, 3.05) is 0 Å². The van der Waals surface area contributed by atoms with Crippen LogP contribution in [-0.2, 0) is 12.8 Å². The van der Waals surface area contributed by atoms with E-state index in [0.29, 0.717) is 5.69 Å². The Balaban J connectivity index is 1.84. The minimum absolute atomic E-state index is 0.00673. The summed E-state index contributed by atoms with van der Waals surface area (Å²) in [6.07, 6.45) is -4.66. The molecule has 1 N–H and O–H groups in total. The molecule has 2 heterocycles. The molecule has 0 aliphatic carbocycles. The van der Waals surface area contributed by atoms with E-state index in [0.717, 1.165) is 24.3 Å². The van der Waals surface area contributed by atoms with Gasteiger partial charge in [-0.25, -0.2) is 18.6 Å². The molecule has 0 fully saturated rings. The van der Waals surface area contributed by atoms with E-state index < -0.39 is 36.0 Å². The smallest absolute Gasteiger partial charge is 0.416 e. The van der Waals surface area contributed by atoms with Crippen molar-refractivity contribution < 1.29 is 36.6 Å². The van der Waals surface area contributed by atoms with Crippen molar-refractivity contribution in [2.45, 2.75) is 19.7 Å². The molecule has 0 atom stereocenters. The lowest BCUT2D eigenvalue weighted by atomic mass is 10.1. The molecule has 0 amide bonds. The van der Waals surface area contributed by atoms with E-state index in [-0.39, 0.29) is 34.1 Å². The summed E-state index contributed by atoms with van der Waals surface area (Å²) >= 11 is 0. The number of carboxylic acids is 1. The molecule has 0 saturated heterocycles. The van der Waals surface area contributed by atoms with Gasteiger partial charge in [0.2, 0.25) is 0 Å². The normalized spacial score (nSPS) is 11.5. The van der Waals surface area contributed by atoms with E-state index in [4.69, 9.17) is 4.74 Å². The minimum atomic E-state index is -4.66. The van der Waals surface area contributed by atoms with E-state index in [1.165, 1.54) is 41.0 Å². The van der Waals surface area contributed by atoms with Crippen molar-refractivity contribution in [1.29, 1.82) is 0 Å². The molecule has 0 bridgehead atoms. The number of carbonyl (C=O) groups is 1. The molecule has 0 aliphatic rings. The number of aromatic carboxylic acids is 1. The number of rotatable bonds is 6. The first-order valence-corrected chi connectivity index (χ1v) is 10.2. The zero-order valence-corrected chi connectivity index (χ0v) is 18.1. The van der Waals surface area contributed by atoms with Gasteiger partial charge in [-0.3, -0.25) is 4.57 Å². The molecule has 2 aromatic heterocycles. The number of pyridine rings is 1. The summed E-state index contributed by atoms with van der Waals surface area (Å²) in [7, 11) is 0. The van der Waals surface area contributed by atoms with Gasteiger partial charge in [0.15, 0.2) is 17.3 Å².